The first-order chi connectivity index (χ1) is 9.48. The molecular weight excluding hydrogens is 295 g/mol. The number of benzene rings is 1. The average Bonchev–Trinajstić information content (AvgIpc) is 2.37. The van der Waals surface area contributed by atoms with Crippen LogP contribution in [-0.2, 0) is 10.0 Å². The fourth-order valence-electron chi connectivity index (χ4n) is 1.63. The van der Waals surface area contributed by atoms with Gasteiger partial charge >= 0.3 is 0 Å². The third-order valence-corrected chi connectivity index (χ3v) is 4.59. The van der Waals surface area contributed by atoms with E-state index in [1.807, 2.05) is 20.8 Å². The molecule has 0 aliphatic rings. The Kier molecular flexibility index (Phi) is 5.11. The molecule has 0 aliphatic carbocycles. The van der Waals surface area contributed by atoms with Crippen LogP contribution in [0.25, 0.3) is 0 Å². The third-order valence-electron chi connectivity index (χ3n) is 3.55. The summed E-state index contributed by atoms with van der Waals surface area (Å²) in [5, 5.41) is 7.71. The molecule has 0 bridgehead atoms. The van der Waals surface area contributed by atoms with Gasteiger partial charge in [0.05, 0.1) is 4.90 Å². The zero-order valence-corrected chi connectivity index (χ0v) is 13.5. The van der Waals surface area contributed by atoms with Gasteiger partial charge in [-0.15, -0.1) is 0 Å². The number of hydrogen-bond acceptors (Lipinski definition) is 3. The van der Waals surface area contributed by atoms with Crippen LogP contribution < -0.4 is 10.5 Å². The number of sulfonamides is 1. The minimum absolute atomic E-state index is 0.0611. The molecule has 5 nitrogen and oxygen atoms in total. The van der Waals surface area contributed by atoms with Gasteiger partial charge in [0, 0.05) is 17.7 Å². The zero-order chi connectivity index (χ0) is 16.4. The summed E-state index contributed by atoms with van der Waals surface area (Å²) in [5.74, 6) is -1.30. The molecule has 0 saturated heterocycles. The maximum absolute atomic E-state index is 13.8. The number of nitrogens with two attached hydrogens (primary N) is 1. The molecule has 1 rings (SSSR count). The van der Waals surface area contributed by atoms with Crippen LogP contribution in [0.2, 0.25) is 0 Å². The Morgan fingerprint density at radius 1 is 1.38 bits per heavy atom. The summed E-state index contributed by atoms with van der Waals surface area (Å²) in [7, 11) is -4.08. The lowest BCUT2D eigenvalue weighted by Gasteiger charge is -2.23. The van der Waals surface area contributed by atoms with Gasteiger partial charge in [-0.05, 0) is 30.9 Å². The lowest BCUT2D eigenvalue weighted by molar-refractivity contribution is 0.0935. The molecule has 21 heavy (non-hydrogen) atoms. The second-order valence-electron chi connectivity index (χ2n) is 5.83. The third kappa shape index (κ3) is 4.50. The second kappa shape index (κ2) is 6.11. The Hall–Kier alpha value is -1.47. The molecule has 7 heteroatoms. The minimum atomic E-state index is -4.08. The first-order valence-corrected chi connectivity index (χ1v) is 8.14. The van der Waals surface area contributed by atoms with E-state index in [0.717, 1.165) is 18.6 Å². The van der Waals surface area contributed by atoms with Gasteiger partial charge in [0.2, 0.25) is 10.0 Å². The van der Waals surface area contributed by atoms with Gasteiger partial charge in [-0.1, -0.05) is 20.8 Å². The Morgan fingerprint density at radius 3 is 2.43 bits per heavy atom. The van der Waals surface area contributed by atoms with Crippen molar-refractivity contribution in [3.05, 3.63) is 29.1 Å². The molecule has 0 unspecified atom stereocenters. The molecule has 1 aromatic carbocycles. The molecule has 3 N–H and O–H groups in total. The van der Waals surface area contributed by atoms with E-state index in [9.17, 15) is 17.6 Å². The molecule has 0 heterocycles. The largest absolute Gasteiger partial charge is 0.352 e. The van der Waals surface area contributed by atoms with Crippen molar-refractivity contribution >= 4 is 15.9 Å². The van der Waals surface area contributed by atoms with Crippen LogP contribution in [0.5, 0.6) is 0 Å². The van der Waals surface area contributed by atoms with Crippen LogP contribution in [0.15, 0.2) is 17.0 Å². The van der Waals surface area contributed by atoms with Crippen LogP contribution in [-0.4, -0.2) is 20.9 Å². The van der Waals surface area contributed by atoms with E-state index in [1.165, 1.54) is 6.92 Å². The summed E-state index contributed by atoms with van der Waals surface area (Å²) in [6.07, 6.45) is 0.859. The SMILES string of the molecule is CCC(C)(C)CNC(=O)c1cc(F)c(C)c(S(N)(=O)=O)c1. The van der Waals surface area contributed by atoms with Gasteiger partial charge < -0.3 is 5.32 Å². The number of hydrogen-bond donors (Lipinski definition) is 2. The Bertz CT molecular complexity index is 654. The van der Waals surface area contributed by atoms with Crippen LogP contribution in [0, 0.1) is 18.2 Å². The summed E-state index contributed by atoms with van der Waals surface area (Å²) in [4.78, 5) is 11.7. The van der Waals surface area contributed by atoms with E-state index >= 15 is 0 Å². The molecular formula is C14H21FN2O3S. The van der Waals surface area contributed by atoms with Crippen molar-refractivity contribution < 1.29 is 17.6 Å². The molecule has 1 aromatic rings. The van der Waals surface area contributed by atoms with Gasteiger partial charge in [-0.25, -0.2) is 17.9 Å². The van der Waals surface area contributed by atoms with Gasteiger partial charge in [0.25, 0.3) is 5.91 Å². The van der Waals surface area contributed by atoms with Crippen LogP contribution in [0.3, 0.4) is 0 Å². The number of carbonyl (C=O) groups excluding carboxylic acids is 1. The predicted octanol–water partition coefficient (Wildman–Crippen LogP) is 1.95. The van der Waals surface area contributed by atoms with E-state index in [0.29, 0.717) is 6.54 Å². The Morgan fingerprint density at radius 2 is 1.95 bits per heavy atom. The molecule has 0 fully saturated rings. The standard InChI is InChI=1S/C14H21FN2O3S/c1-5-14(3,4)8-17-13(18)10-6-11(15)9(2)12(7-10)21(16,19)20/h6-7H,5,8H2,1-4H3,(H,17,18)(H2,16,19,20). The summed E-state index contributed by atoms with van der Waals surface area (Å²) < 4.78 is 36.6. The molecule has 1 amide bonds. The van der Waals surface area contributed by atoms with Crippen molar-refractivity contribution in [2.75, 3.05) is 6.54 Å². The molecule has 0 atom stereocenters. The molecule has 118 valence electrons. The van der Waals surface area contributed by atoms with Crippen molar-refractivity contribution in [3.63, 3.8) is 0 Å². The van der Waals surface area contributed by atoms with Crippen molar-refractivity contribution in [1.29, 1.82) is 0 Å². The number of nitrogens with one attached hydrogen (secondary N) is 1. The van der Waals surface area contributed by atoms with Crippen LogP contribution in [0.4, 0.5) is 4.39 Å². The van der Waals surface area contributed by atoms with E-state index in [-0.39, 0.29) is 21.4 Å². The smallest absolute Gasteiger partial charge is 0.251 e. The second-order valence-corrected chi connectivity index (χ2v) is 7.36. The fraction of sp³-hybridized carbons (Fsp3) is 0.500. The molecule has 0 spiro atoms. The van der Waals surface area contributed by atoms with Crippen LogP contribution in [0.1, 0.15) is 43.1 Å². The summed E-state index contributed by atoms with van der Waals surface area (Å²) in [6, 6.07) is 2.11. The van der Waals surface area contributed by atoms with E-state index in [4.69, 9.17) is 5.14 Å². The number of halogens is 1. The maximum Gasteiger partial charge on any atom is 0.251 e. The number of carbonyl (C=O) groups is 1. The normalized spacial score (nSPS) is 12.3. The summed E-state index contributed by atoms with van der Waals surface area (Å²) >= 11 is 0. The molecule has 0 saturated carbocycles. The lowest BCUT2D eigenvalue weighted by Crippen LogP contribution is -2.33. The molecule has 0 aliphatic heterocycles. The Labute approximate surface area is 124 Å². The first-order valence-electron chi connectivity index (χ1n) is 6.59. The number of primary sulfonamides is 1. The zero-order valence-electron chi connectivity index (χ0n) is 12.7. The summed E-state index contributed by atoms with van der Waals surface area (Å²) in [5.41, 5.74) is -0.251. The van der Waals surface area contributed by atoms with Crippen molar-refractivity contribution in [2.24, 2.45) is 10.6 Å². The van der Waals surface area contributed by atoms with Gasteiger partial charge in [-0.2, -0.15) is 0 Å². The Balaban J connectivity index is 3.10. The first kappa shape index (κ1) is 17.6. The monoisotopic (exact) mass is 316 g/mol. The number of rotatable bonds is 5. The highest BCUT2D eigenvalue weighted by Gasteiger charge is 2.21. The fourth-order valence-corrected chi connectivity index (χ4v) is 2.44. The molecule has 0 aromatic heterocycles. The number of amides is 1. The molecule has 0 radical (unpaired) electrons. The quantitative estimate of drug-likeness (QED) is 0.870. The van der Waals surface area contributed by atoms with Crippen molar-refractivity contribution in [3.8, 4) is 0 Å². The van der Waals surface area contributed by atoms with Crippen LogP contribution >= 0.6 is 0 Å². The van der Waals surface area contributed by atoms with Gasteiger partial charge in [0.1, 0.15) is 5.82 Å². The maximum atomic E-state index is 13.8. The highest BCUT2D eigenvalue weighted by Crippen LogP contribution is 2.21. The topological polar surface area (TPSA) is 89.3 Å². The van der Waals surface area contributed by atoms with Crippen molar-refractivity contribution in [1.82, 2.24) is 5.32 Å². The average molecular weight is 316 g/mol. The highest BCUT2D eigenvalue weighted by molar-refractivity contribution is 7.89. The summed E-state index contributed by atoms with van der Waals surface area (Å²) in [6.45, 7) is 7.67. The van der Waals surface area contributed by atoms with Gasteiger partial charge in [-0.3, -0.25) is 4.79 Å². The minimum Gasteiger partial charge on any atom is -0.352 e. The van der Waals surface area contributed by atoms with Gasteiger partial charge in [0.15, 0.2) is 0 Å². The van der Waals surface area contributed by atoms with E-state index in [2.05, 4.69) is 5.32 Å². The van der Waals surface area contributed by atoms with E-state index in [1.54, 1.807) is 0 Å². The van der Waals surface area contributed by atoms with E-state index < -0.39 is 21.7 Å². The lowest BCUT2D eigenvalue weighted by atomic mass is 9.90. The predicted molar refractivity (Wildman–Crippen MR) is 78.9 cm³/mol. The van der Waals surface area contributed by atoms with Crippen molar-refractivity contribution in [2.45, 2.75) is 39.0 Å². The highest BCUT2D eigenvalue weighted by atomic mass is 32.2.